The molecule has 0 aromatic heterocycles. The topological polar surface area (TPSA) is 130 Å². The average Bonchev–Trinajstić information content (AvgIpc) is 4.04. The second-order valence-electron chi connectivity index (χ2n) is 16.6. The zero-order valence-corrected chi connectivity index (χ0v) is 38.2. The van der Waals surface area contributed by atoms with E-state index in [1.807, 2.05) is 0 Å². The van der Waals surface area contributed by atoms with Crippen molar-refractivity contribution < 1.29 is 74.5 Å². The molecule has 4 aliphatic heterocycles. The molecule has 2 unspecified atom stereocenters. The van der Waals surface area contributed by atoms with E-state index in [0.29, 0.717) is 24.0 Å². The van der Waals surface area contributed by atoms with Gasteiger partial charge in [0, 0.05) is 83.2 Å². The van der Waals surface area contributed by atoms with Crippen molar-refractivity contribution in [3.8, 4) is 33.8 Å². The molecule has 0 N–H and O–H groups in total. The van der Waals surface area contributed by atoms with E-state index in [1.54, 1.807) is 13.8 Å². The summed E-state index contributed by atoms with van der Waals surface area (Å²) in [6.45, 7) is 4.43. The molecular formula is C50H46F6N2O10S. The Balaban J connectivity index is 1.23. The first-order valence-electron chi connectivity index (χ1n) is 22.3. The Hall–Kier alpha value is -6.31. The van der Waals surface area contributed by atoms with Crippen LogP contribution in [0.4, 0.5) is 26.3 Å². The van der Waals surface area contributed by atoms with Crippen LogP contribution in [0.3, 0.4) is 0 Å². The number of carbonyl (C=O) groups excluding carboxylic acids is 4. The van der Waals surface area contributed by atoms with Crippen LogP contribution in [0.1, 0.15) is 60.1 Å². The molecule has 8 rings (SSSR count). The molecule has 0 radical (unpaired) electrons. The highest BCUT2D eigenvalue weighted by molar-refractivity contribution is 7.99. The number of benzene rings is 4. The molecule has 4 heterocycles. The molecule has 0 spiro atoms. The second-order valence-corrected chi connectivity index (χ2v) is 17.7. The maximum Gasteiger partial charge on any atom is 0.418 e. The minimum Gasteiger partial charge on any atom is -0.466 e. The van der Waals surface area contributed by atoms with Gasteiger partial charge in [-0.15, -0.1) is 0 Å². The van der Waals surface area contributed by atoms with Crippen molar-refractivity contribution in [1.29, 1.82) is 0 Å². The maximum absolute atomic E-state index is 15.8. The predicted molar refractivity (Wildman–Crippen MR) is 239 cm³/mol. The van der Waals surface area contributed by atoms with Gasteiger partial charge < -0.3 is 29.0 Å². The zero-order valence-electron chi connectivity index (χ0n) is 37.4. The number of nitrogens with zero attached hydrogens (tertiary/aromatic N) is 2. The number of fused-ring (bicyclic) bond motifs is 2. The van der Waals surface area contributed by atoms with Crippen molar-refractivity contribution in [2.45, 2.75) is 61.7 Å². The Labute approximate surface area is 397 Å². The van der Waals surface area contributed by atoms with Gasteiger partial charge in [0.15, 0.2) is 11.5 Å². The van der Waals surface area contributed by atoms with E-state index in [2.05, 4.69) is 0 Å². The fraction of sp³-hybridized carbons (Fsp3) is 0.360. The molecule has 4 aromatic carbocycles. The van der Waals surface area contributed by atoms with Crippen LogP contribution in [0.2, 0.25) is 0 Å². The van der Waals surface area contributed by atoms with Crippen LogP contribution in [0, 0.1) is 11.8 Å². The normalized spacial score (nSPS) is 18.2. The smallest absolute Gasteiger partial charge is 0.418 e. The molecule has 4 aromatic rings. The largest absolute Gasteiger partial charge is 0.466 e. The molecule has 364 valence electrons. The van der Waals surface area contributed by atoms with Gasteiger partial charge in [-0.3, -0.25) is 19.2 Å². The van der Waals surface area contributed by atoms with E-state index in [9.17, 15) is 19.2 Å². The molecular weight excluding hydrogens is 935 g/mol. The van der Waals surface area contributed by atoms with E-state index < -0.39 is 80.0 Å². The number of carbonyl (C=O) groups is 4. The molecule has 2 saturated heterocycles. The quantitative estimate of drug-likeness (QED) is 0.0582. The standard InChI is InChI=1S/C50H46F6N2O10S/c1-3-63-47(61)35-17-21-57(27-35)41(59)15-9-29-7-13-39(45(49(51,52)53)43(29)33-5-11-37-31(25-33)19-23-65-67-37)69-40-14-8-30(10-16-42(60)58-22-18-36(28-58)48(62)64-4-2)44(46(40)50(54,55)56)34-6-12-38-32(26-34)20-24-66-68-38/h5-16,25-26,35-36H,3-4,17-24,27-28H2,1-2H3. The van der Waals surface area contributed by atoms with Crippen molar-refractivity contribution in [2.24, 2.45) is 11.8 Å². The predicted octanol–water partition coefficient (Wildman–Crippen LogP) is 9.79. The summed E-state index contributed by atoms with van der Waals surface area (Å²) in [7, 11) is 0. The number of rotatable bonds is 12. The van der Waals surface area contributed by atoms with Crippen LogP contribution in [0.5, 0.6) is 11.5 Å². The van der Waals surface area contributed by atoms with Crippen molar-refractivity contribution >= 4 is 47.7 Å². The summed E-state index contributed by atoms with van der Waals surface area (Å²) in [5.41, 5.74) is -2.24. The first-order valence-corrected chi connectivity index (χ1v) is 23.1. The number of esters is 2. The highest BCUT2D eigenvalue weighted by atomic mass is 32.2. The van der Waals surface area contributed by atoms with Gasteiger partial charge >= 0.3 is 24.3 Å². The molecule has 0 bridgehead atoms. The van der Waals surface area contributed by atoms with Gasteiger partial charge in [0.1, 0.15) is 0 Å². The summed E-state index contributed by atoms with van der Waals surface area (Å²) in [5, 5.41) is 0. The zero-order chi connectivity index (χ0) is 49.0. The van der Waals surface area contributed by atoms with E-state index in [0.717, 1.165) is 24.3 Å². The third-order valence-electron chi connectivity index (χ3n) is 12.1. The Bertz CT molecular complexity index is 2520. The van der Waals surface area contributed by atoms with E-state index in [-0.39, 0.29) is 111 Å². The maximum atomic E-state index is 15.8. The summed E-state index contributed by atoms with van der Waals surface area (Å²) < 4.78 is 105. The van der Waals surface area contributed by atoms with Crippen LogP contribution in [0.15, 0.2) is 82.6 Å². The van der Waals surface area contributed by atoms with Gasteiger partial charge in [-0.25, -0.2) is 0 Å². The highest BCUT2D eigenvalue weighted by Crippen LogP contribution is 2.52. The van der Waals surface area contributed by atoms with Gasteiger partial charge in [-0.1, -0.05) is 36.0 Å². The highest BCUT2D eigenvalue weighted by Gasteiger charge is 2.42. The molecule has 2 amide bonds. The minimum absolute atomic E-state index is 0.0529. The van der Waals surface area contributed by atoms with Crippen LogP contribution in [-0.4, -0.2) is 86.2 Å². The Morgan fingerprint density at radius 2 is 1.06 bits per heavy atom. The van der Waals surface area contributed by atoms with Gasteiger partial charge in [-0.05, 0) is 97.5 Å². The van der Waals surface area contributed by atoms with Gasteiger partial charge in [0.25, 0.3) is 0 Å². The number of hydrogen-bond acceptors (Lipinski definition) is 11. The Morgan fingerprint density at radius 1 is 0.638 bits per heavy atom. The lowest BCUT2D eigenvalue weighted by atomic mass is 9.91. The van der Waals surface area contributed by atoms with Crippen molar-refractivity contribution in [3.05, 3.63) is 106 Å². The van der Waals surface area contributed by atoms with E-state index >= 15 is 26.3 Å². The molecule has 4 aliphatic rings. The summed E-state index contributed by atoms with van der Waals surface area (Å²) in [6.07, 6.45) is -4.37. The molecule has 0 aliphatic carbocycles. The number of ether oxygens (including phenoxy) is 2. The lowest BCUT2D eigenvalue weighted by Gasteiger charge is -2.24. The molecule has 12 nitrogen and oxygen atoms in total. The van der Waals surface area contributed by atoms with Crippen molar-refractivity contribution in [2.75, 3.05) is 52.6 Å². The van der Waals surface area contributed by atoms with Crippen LogP contribution < -0.4 is 9.78 Å². The summed E-state index contributed by atoms with van der Waals surface area (Å²) in [5.74, 6) is -2.58. The Morgan fingerprint density at radius 3 is 1.45 bits per heavy atom. The number of halogens is 6. The molecule has 69 heavy (non-hydrogen) atoms. The summed E-state index contributed by atoms with van der Waals surface area (Å²) in [4.78, 5) is 73.9. The molecule has 0 saturated carbocycles. The lowest BCUT2D eigenvalue weighted by Crippen LogP contribution is -2.28. The van der Waals surface area contributed by atoms with Gasteiger partial charge in [0.2, 0.25) is 11.8 Å². The molecule has 19 heteroatoms. The van der Waals surface area contributed by atoms with Gasteiger partial charge in [-0.2, -0.15) is 36.1 Å². The third-order valence-corrected chi connectivity index (χ3v) is 13.3. The molecule has 2 atom stereocenters. The minimum atomic E-state index is -5.16. The second kappa shape index (κ2) is 20.7. The summed E-state index contributed by atoms with van der Waals surface area (Å²) >= 11 is 0.275. The number of alkyl halides is 6. The van der Waals surface area contributed by atoms with Crippen LogP contribution in [-0.2, 0) is 63.6 Å². The molecule has 2 fully saturated rings. The monoisotopic (exact) mass is 980 g/mol. The van der Waals surface area contributed by atoms with Crippen LogP contribution >= 0.6 is 11.8 Å². The fourth-order valence-electron chi connectivity index (χ4n) is 8.85. The van der Waals surface area contributed by atoms with E-state index in [4.69, 9.17) is 29.0 Å². The number of likely N-dealkylation sites (tertiary alicyclic amines) is 2. The first kappa shape index (κ1) is 49.1. The lowest BCUT2D eigenvalue weighted by molar-refractivity contribution is -0.215. The van der Waals surface area contributed by atoms with Crippen LogP contribution in [0.25, 0.3) is 34.4 Å². The number of hydrogen-bond donors (Lipinski definition) is 0. The SMILES string of the molecule is CCOC(=O)C1CCN(C(=O)C=Cc2ccc(Sc3ccc(C=CC(=O)N4CCC(C(=O)OCC)C4)c(-c4ccc5c(c4)CCOO5)c3C(F)(F)F)c(C(F)(F)F)c2-c2ccc3c(c2)CCOO3)C1. The third kappa shape index (κ3) is 10.9. The Kier molecular flexibility index (Phi) is 14.8. The van der Waals surface area contributed by atoms with Crippen molar-refractivity contribution in [3.63, 3.8) is 0 Å². The summed E-state index contributed by atoms with van der Waals surface area (Å²) in [6, 6.07) is 13.4. The average molecular weight is 981 g/mol. The fourth-order valence-corrected chi connectivity index (χ4v) is 9.99. The first-order chi connectivity index (χ1) is 33.0. The van der Waals surface area contributed by atoms with E-state index in [1.165, 1.54) is 70.5 Å². The number of amides is 2. The van der Waals surface area contributed by atoms with Gasteiger partial charge in [0.05, 0.1) is 49.4 Å². The van der Waals surface area contributed by atoms with Crippen molar-refractivity contribution in [1.82, 2.24) is 9.80 Å².